The Bertz CT molecular complexity index is 740. The number of nitrogens with one attached hydrogen (secondary N) is 2. The number of hydrogen-bond donors (Lipinski definition) is 2. The Morgan fingerprint density at radius 2 is 1.77 bits per heavy atom. The molecule has 1 fully saturated rings. The molecule has 3 amide bonds. The van der Waals surface area contributed by atoms with Gasteiger partial charge in [0.15, 0.2) is 0 Å². The predicted molar refractivity (Wildman–Crippen MR) is 116 cm³/mol. The molecule has 0 aromatic heterocycles. The van der Waals surface area contributed by atoms with E-state index in [0.717, 1.165) is 0 Å². The van der Waals surface area contributed by atoms with Gasteiger partial charge in [0.25, 0.3) is 5.91 Å². The SMILES string of the molecule is COc1cccc(C(=O)N2CCC([C@H](NC(=O)C(C)C)C(=O)NCC(C)C)CC2)c1. The molecule has 1 aliphatic rings. The Hall–Kier alpha value is -2.57. The summed E-state index contributed by atoms with van der Waals surface area (Å²) in [5, 5.41) is 5.88. The molecule has 7 nitrogen and oxygen atoms in total. The fourth-order valence-corrected chi connectivity index (χ4v) is 3.51. The van der Waals surface area contributed by atoms with Gasteiger partial charge in [0.2, 0.25) is 11.8 Å². The van der Waals surface area contributed by atoms with E-state index in [4.69, 9.17) is 4.74 Å². The first-order valence-corrected chi connectivity index (χ1v) is 10.7. The number of nitrogens with zero attached hydrogens (tertiary/aromatic N) is 1. The second kappa shape index (κ2) is 11.0. The summed E-state index contributed by atoms with van der Waals surface area (Å²) in [5.41, 5.74) is 0.590. The lowest BCUT2D eigenvalue weighted by molar-refractivity contribution is -0.132. The van der Waals surface area contributed by atoms with E-state index in [2.05, 4.69) is 10.6 Å². The quantitative estimate of drug-likeness (QED) is 0.680. The van der Waals surface area contributed by atoms with E-state index in [-0.39, 0.29) is 29.6 Å². The number of carbonyl (C=O) groups excluding carboxylic acids is 3. The van der Waals surface area contributed by atoms with Crippen molar-refractivity contribution in [3.63, 3.8) is 0 Å². The summed E-state index contributed by atoms with van der Waals surface area (Å²) in [6.07, 6.45) is 1.32. The third-order valence-corrected chi connectivity index (χ3v) is 5.40. The van der Waals surface area contributed by atoms with Crippen LogP contribution < -0.4 is 15.4 Å². The maximum absolute atomic E-state index is 12.8. The average molecular weight is 418 g/mol. The lowest BCUT2D eigenvalue weighted by atomic mass is 9.88. The Morgan fingerprint density at radius 1 is 1.10 bits per heavy atom. The molecule has 1 aromatic rings. The minimum Gasteiger partial charge on any atom is -0.497 e. The van der Waals surface area contributed by atoms with Crippen LogP contribution in [0.3, 0.4) is 0 Å². The summed E-state index contributed by atoms with van der Waals surface area (Å²) in [4.78, 5) is 39.7. The van der Waals surface area contributed by atoms with Crippen molar-refractivity contribution in [2.24, 2.45) is 17.8 Å². The van der Waals surface area contributed by atoms with Gasteiger partial charge in [-0.2, -0.15) is 0 Å². The van der Waals surface area contributed by atoms with Crippen LogP contribution in [0.25, 0.3) is 0 Å². The van der Waals surface area contributed by atoms with Crippen molar-refractivity contribution >= 4 is 17.7 Å². The minimum atomic E-state index is -0.576. The molecule has 0 saturated carbocycles. The van der Waals surface area contributed by atoms with E-state index < -0.39 is 6.04 Å². The Balaban J connectivity index is 2.03. The summed E-state index contributed by atoms with van der Waals surface area (Å²) >= 11 is 0. The van der Waals surface area contributed by atoms with E-state index >= 15 is 0 Å². The molecular weight excluding hydrogens is 382 g/mol. The van der Waals surface area contributed by atoms with Crippen LogP contribution in [0, 0.1) is 17.8 Å². The van der Waals surface area contributed by atoms with Crippen molar-refractivity contribution in [3.05, 3.63) is 29.8 Å². The lowest BCUT2D eigenvalue weighted by Gasteiger charge is -2.36. The van der Waals surface area contributed by atoms with Gasteiger partial charge in [-0.1, -0.05) is 33.8 Å². The summed E-state index contributed by atoms with van der Waals surface area (Å²) < 4.78 is 5.21. The van der Waals surface area contributed by atoms with Crippen LogP contribution in [0.15, 0.2) is 24.3 Å². The van der Waals surface area contributed by atoms with Crippen molar-refractivity contribution in [1.29, 1.82) is 0 Å². The van der Waals surface area contributed by atoms with Crippen LogP contribution in [-0.2, 0) is 9.59 Å². The summed E-state index contributed by atoms with van der Waals surface area (Å²) in [5.74, 6) is 0.463. The number of likely N-dealkylation sites (tertiary alicyclic amines) is 1. The zero-order chi connectivity index (χ0) is 22.3. The first-order chi connectivity index (χ1) is 14.2. The fraction of sp³-hybridized carbons (Fsp3) is 0.609. The molecule has 166 valence electrons. The van der Waals surface area contributed by atoms with E-state index in [1.54, 1.807) is 36.3 Å². The zero-order valence-corrected chi connectivity index (χ0v) is 18.7. The van der Waals surface area contributed by atoms with Crippen molar-refractivity contribution in [1.82, 2.24) is 15.5 Å². The van der Waals surface area contributed by atoms with Crippen LogP contribution >= 0.6 is 0 Å². The van der Waals surface area contributed by atoms with Gasteiger partial charge in [-0.3, -0.25) is 14.4 Å². The topological polar surface area (TPSA) is 87.7 Å². The van der Waals surface area contributed by atoms with Crippen LogP contribution in [0.4, 0.5) is 0 Å². The number of amides is 3. The molecule has 0 unspecified atom stereocenters. The summed E-state index contributed by atoms with van der Waals surface area (Å²) in [7, 11) is 1.57. The van der Waals surface area contributed by atoms with Crippen LogP contribution in [0.5, 0.6) is 5.75 Å². The second-order valence-electron chi connectivity index (χ2n) is 8.64. The van der Waals surface area contributed by atoms with Crippen LogP contribution in [0.1, 0.15) is 50.9 Å². The number of hydrogen-bond acceptors (Lipinski definition) is 4. The molecule has 0 aliphatic carbocycles. The highest BCUT2D eigenvalue weighted by molar-refractivity contribution is 5.94. The maximum atomic E-state index is 12.8. The standard InChI is InChI=1S/C23H35N3O4/c1-15(2)14-24-22(28)20(25-21(27)16(3)4)17-9-11-26(12-10-17)23(29)18-7-6-8-19(13-18)30-5/h6-8,13,15-17,20H,9-12,14H2,1-5H3,(H,24,28)(H,25,27)/t20-/m0/s1. The average Bonchev–Trinajstić information content (AvgIpc) is 2.75. The summed E-state index contributed by atoms with van der Waals surface area (Å²) in [6.45, 7) is 9.36. The highest BCUT2D eigenvalue weighted by atomic mass is 16.5. The first kappa shape index (κ1) is 23.7. The van der Waals surface area contributed by atoms with Gasteiger partial charge in [0.05, 0.1) is 7.11 Å². The molecule has 7 heteroatoms. The smallest absolute Gasteiger partial charge is 0.253 e. The largest absolute Gasteiger partial charge is 0.497 e. The predicted octanol–water partition coefficient (Wildman–Crippen LogP) is 2.46. The van der Waals surface area contributed by atoms with Crippen molar-refractivity contribution in [2.75, 3.05) is 26.7 Å². The normalized spacial score (nSPS) is 15.8. The number of piperidine rings is 1. The Morgan fingerprint density at radius 3 is 2.33 bits per heavy atom. The Labute approximate surface area is 179 Å². The molecule has 1 aliphatic heterocycles. The fourth-order valence-electron chi connectivity index (χ4n) is 3.51. The second-order valence-corrected chi connectivity index (χ2v) is 8.64. The molecule has 0 radical (unpaired) electrons. The highest BCUT2D eigenvalue weighted by Gasteiger charge is 2.34. The van der Waals surface area contributed by atoms with Gasteiger partial charge in [0, 0.05) is 31.1 Å². The molecule has 0 spiro atoms. The number of rotatable bonds is 8. The van der Waals surface area contributed by atoms with Gasteiger partial charge in [-0.15, -0.1) is 0 Å². The molecule has 1 atom stereocenters. The number of ether oxygens (including phenoxy) is 1. The number of carbonyl (C=O) groups is 3. The Kier molecular flexibility index (Phi) is 8.69. The van der Waals surface area contributed by atoms with E-state index in [1.807, 2.05) is 27.7 Å². The van der Waals surface area contributed by atoms with E-state index in [0.29, 0.717) is 49.7 Å². The maximum Gasteiger partial charge on any atom is 0.253 e. The van der Waals surface area contributed by atoms with Gasteiger partial charge in [-0.25, -0.2) is 0 Å². The van der Waals surface area contributed by atoms with Crippen LogP contribution in [0.2, 0.25) is 0 Å². The molecular formula is C23H35N3O4. The minimum absolute atomic E-state index is 0.00535. The van der Waals surface area contributed by atoms with E-state index in [1.165, 1.54) is 0 Å². The van der Waals surface area contributed by atoms with Crippen molar-refractivity contribution in [2.45, 2.75) is 46.6 Å². The molecule has 0 bridgehead atoms. The highest BCUT2D eigenvalue weighted by Crippen LogP contribution is 2.24. The number of benzene rings is 1. The molecule has 2 N–H and O–H groups in total. The lowest BCUT2D eigenvalue weighted by Crippen LogP contribution is -2.54. The van der Waals surface area contributed by atoms with Gasteiger partial charge >= 0.3 is 0 Å². The van der Waals surface area contributed by atoms with Crippen molar-refractivity contribution in [3.8, 4) is 5.75 Å². The third-order valence-electron chi connectivity index (χ3n) is 5.40. The first-order valence-electron chi connectivity index (χ1n) is 10.7. The van der Waals surface area contributed by atoms with Gasteiger partial charge in [-0.05, 0) is 42.9 Å². The van der Waals surface area contributed by atoms with E-state index in [9.17, 15) is 14.4 Å². The molecule has 1 heterocycles. The van der Waals surface area contributed by atoms with Crippen molar-refractivity contribution < 1.29 is 19.1 Å². The molecule has 1 saturated heterocycles. The molecule has 1 aromatic carbocycles. The monoisotopic (exact) mass is 417 g/mol. The van der Waals surface area contributed by atoms with Crippen LogP contribution in [-0.4, -0.2) is 55.4 Å². The summed E-state index contributed by atoms with van der Waals surface area (Å²) in [6, 6.07) is 6.55. The molecule has 30 heavy (non-hydrogen) atoms. The molecule has 2 rings (SSSR count). The van der Waals surface area contributed by atoms with Gasteiger partial charge < -0.3 is 20.3 Å². The zero-order valence-electron chi connectivity index (χ0n) is 18.7. The number of methoxy groups -OCH3 is 1. The third kappa shape index (κ3) is 6.47. The van der Waals surface area contributed by atoms with Gasteiger partial charge in [0.1, 0.15) is 11.8 Å².